The van der Waals surface area contributed by atoms with Crippen molar-refractivity contribution in [2.45, 2.75) is 66.8 Å². The lowest BCUT2D eigenvalue weighted by Crippen LogP contribution is -2.36. The average molecular weight is 436 g/mol. The molecule has 0 saturated heterocycles. The molecule has 0 aliphatic heterocycles. The third-order valence-electron chi connectivity index (χ3n) is 5.62. The summed E-state index contributed by atoms with van der Waals surface area (Å²) in [6.07, 6.45) is 1.58. The van der Waals surface area contributed by atoms with Gasteiger partial charge in [0, 0.05) is 24.9 Å². The standard InChI is InChI=1S/C27H37N3O2/c1-19(2)21-13-12-20(3)18-24(21)32-17-9-16-30-23-11-8-7-10-22(23)29-25(30)14-15-28-26(31)27(4,5)6/h7-8,10-13,18-19H,9,14-17H2,1-6H3,(H,28,31). The zero-order valence-electron chi connectivity index (χ0n) is 20.4. The van der Waals surface area contributed by atoms with E-state index in [2.05, 4.69) is 54.9 Å². The van der Waals surface area contributed by atoms with Crippen LogP contribution in [0, 0.1) is 12.3 Å². The van der Waals surface area contributed by atoms with Crippen LogP contribution >= 0.6 is 0 Å². The van der Waals surface area contributed by atoms with E-state index in [9.17, 15) is 4.79 Å². The Labute approximate surface area is 192 Å². The van der Waals surface area contributed by atoms with Crippen LogP contribution in [-0.2, 0) is 17.8 Å². The van der Waals surface area contributed by atoms with Gasteiger partial charge in [-0.2, -0.15) is 0 Å². The smallest absolute Gasteiger partial charge is 0.225 e. The van der Waals surface area contributed by atoms with E-state index in [1.807, 2.05) is 39.0 Å². The maximum Gasteiger partial charge on any atom is 0.225 e. The summed E-state index contributed by atoms with van der Waals surface area (Å²) >= 11 is 0. The molecule has 0 aliphatic rings. The lowest BCUT2D eigenvalue weighted by molar-refractivity contribution is -0.128. The molecule has 0 bridgehead atoms. The predicted octanol–water partition coefficient (Wildman–Crippen LogP) is 5.64. The summed E-state index contributed by atoms with van der Waals surface area (Å²) in [7, 11) is 0. The first-order chi connectivity index (χ1) is 15.2. The predicted molar refractivity (Wildman–Crippen MR) is 131 cm³/mol. The van der Waals surface area contributed by atoms with E-state index in [-0.39, 0.29) is 11.3 Å². The van der Waals surface area contributed by atoms with Crippen LogP contribution in [0.1, 0.15) is 63.9 Å². The second-order valence-electron chi connectivity index (χ2n) is 9.82. The largest absolute Gasteiger partial charge is 0.493 e. The van der Waals surface area contributed by atoms with E-state index in [0.29, 0.717) is 25.5 Å². The highest BCUT2D eigenvalue weighted by atomic mass is 16.5. The highest BCUT2D eigenvalue weighted by Gasteiger charge is 2.20. The molecular formula is C27H37N3O2. The number of imidazole rings is 1. The Morgan fingerprint density at radius 3 is 2.62 bits per heavy atom. The molecule has 0 unspecified atom stereocenters. The fourth-order valence-corrected chi connectivity index (χ4v) is 3.77. The van der Waals surface area contributed by atoms with Crippen LogP contribution in [-0.4, -0.2) is 28.6 Å². The van der Waals surface area contributed by atoms with Crippen molar-refractivity contribution in [2.24, 2.45) is 5.41 Å². The maximum atomic E-state index is 12.2. The van der Waals surface area contributed by atoms with Crippen LogP contribution < -0.4 is 10.1 Å². The molecule has 0 atom stereocenters. The van der Waals surface area contributed by atoms with Gasteiger partial charge in [-0.3, -0.25) is 4.79 Å². The Morgan fingerprint density at radius 1 is 1.16 bits per heavy atom. The number of carbonyl (C=O) groups is 1. The van der Waals surface area contributed by atoms with E-state index >= 15 is 0 Å². The molecule has 0 saturated carbocycles. The fraction of sp³-hybridized carbons (Fsp3) is 0.481. The second-order valence-corrected chi connectivity index (χ2v) is 9.82. The molecule has 172 valence electrons. The number of nitrogens with zero attached hydrogens (tertiary/aromatic N) is 2. The SMILES string of the molecule is Cc1ccc(C(C)C)c(OCCCn2c(CCNC(=O)C(C)(C)C)nc3ccccc32)c1. The Kier molecular flexibility index (Phi) is 7.60. The summed E-state index contributed by atoms with van der Waals surface area (Å²) in [5, 5.41) is 3.04. The Morgan fingerprint density at radius 2 is 1.91 bits per heavy atom. The van der Waals surface area contributed by atoms with E-state index in [4.69, 9.17) is 9.72 Å². The molecule has 32 heavy (non-hydrogen) atoms. The summed E-state index contributed by atoms with van der Waals surface area (Å²) in [5.41, 5.74) is 4.19. The quantitative estimate of drug-likeness (QED) is 0.442. The molecule has 0 aliphatic carbocycles. The van der Waals surface area contributed by atoms with E-state index in [1.54, 1.807) is 0 Å². The summed E-state index contributed by atoms with van der Waals surface area (Å²) in [6.45, 7) is 14.3. The summed E-state index contributed by atoms with van der Waals surface area (Å²) in [6, 6.07) is 14.7. The number of benzene rings is 2. The highest BCUT2D eigenvalue weighted by Crippen LogP contribution is 2.27. The molecule has 2 aromatic carbocycles. The Balaban J connectivity index is 1.66. The first kappa shape index (κ1) is 23.8. The molecule has 0 spiro atoms. The van der Waals surface area contributed by atoms with E-state index < -0.39 is 0 Å². The number of carbonyl (C=O) groups excluding carboxylic acids is 1. The molecule has 5 heteroatoms. The number of ether oxygens (including phenoxy) is 1. The highest BCUT2D eigenvalue weighted by molar-refractivity contribution is 5.81. The third kappa shape index (κ3) is 5.90. The number of para-hydroxylation sites is 2. The summed E-state index contributed by atoms with van der Waals surface area (Å²) in [5.74, 6) is 2.48. The summed E-state index contributed by atoms with van der Waals surface area (Å²) in [4.78, 5) is 17.0. The normalized spacial score (nSPS) is 11.8. The number of aryl methyl sites for hydroxylation is 2. The van der Waals surface area contributed by atoms with Gasteiger partial charge in [0.15, 0.2) is 0 Å². The van der Waals surface area contributed by atoms with Crippen molar-refractivity contribution < 1.29 is 9.53 Å². The topological polar surface area (TPSA) is 56.1 Å². The number of nitrogens with one attached hydrogen (secondary N) is 1. The van der Waals surface area contributed by atoms with Crippen LogP contribution in [0.15, 0.2) is 42.5 Å². The van der Waals surface area contributed by atoms with Crippen molar-refractivity contribution >= 4 is 16.9 Å². The van der Waals surface area contributed by atoms with Gasteiger partial charge in [0.1, 0.15) is 11.6 Å². The van der Waals surface area contributed by atoms with E-state index in [0.717, 1.165) is 35.6 Å². The molecule has 0 fully saturated rings. The Bertz CT molecular complexity index is 1060. The fourth-order valence-electron chi connectivity index (χ4n) is 3.77. The van der Waals surface area contributed by atoms with Crippen LogP contribution in [0.3, 0.4) is 0 Å². The van der Waals surface area contributed by atoms with Gasteiger partial charge in [-0.05, 0) is 48.6 Å². The van der Waals surface area contributed by atoms with E-state index in [1.165, 1.54) is 11.1 Å². The van der Waals surface area contributed by atoms with Crippen molar-refractivity contribution in [2.75, 3.05) is 13.2 Å². The summed E-state index contributed by atoms with van der Waals surface area (Å²) < 4.78 is 8.45. The minimum Gasteiger partial charge on any atom is -0.493 e. The third-order valence-corrected chi connectivity index (χ3v) is 5.62. The molecule has 3 rings (SSSR count). The van der Waals surface area contributed by atoms with Gasteiger partial charge < -0.3 is 14.6 Å². The molecule has 5 nitrogen and oxygen atoms in total. The minimum absolute atomic E-state index is 0.0627. The lowest BCUT2D eigenvalue weighted by atomic mass is 9.96. The average Bonchev–Trinajstić information content (AvgIpc) is 3.07. The number of rotatable bonds is 9. The maximum absolute atomic E-state index is 12.2. The number of hydrogen-bond donors (Lipinski definition) is 1. The molecule has 3 aromatic rings. The van der Waals surface area contributed by atoms with Crippen molar-refractivity contribution in [3.63, 3.8) is 0 Å². The molecule has 1 amide bonds. The van der Waals surface area contributed by atoms with Gasteiger partial charge >= 0.3 is 0 Å². The van der Waals surface area contributed by atoms with Gasteiger partial charge in [-0.15, -0.1) is 0 Å². The van der Waals surface area contributed by atoms with Crippen molar-refractivity contribution in [1.29, 1.82) is 0 Å². The number of amides is 1. The molecule has 1 N–H and O–H groups in total. The second kappa shape index (κ2) is 10.2. The van der Waals surface area contributed by atoms with Gasteiger partial charge in [-0.1, -0.05) is 58.9 Å². The first-order valence-electron chi connectivity index (χ1n) is 11.6. The minimum atomic E-state index is -0.387. The molecule has 1 heterocycles. The van der Waals surface area contributed by atoms with Gasteiger partial charge in [0.2, 0.25) is 5.91 Å². The molecule has 1 aromatic heterocycles. The lowest BCUT2D eigenvalue weighted by Gasteiger charge is -2.18. The number of aromatic nitrogens is 2. The van der Waals surface area contributed by atoms with Gasteiger partial charge in [0.05, 0.1) is 17.6 Å². The zero-order valence-corrected chi connectivity index (χ0v) is 20.4. The van der Waals surface area contributed by atoms with Crippen molar-refractivity contribution in [1.82, 2.24) is 14.9 Å². The van der Waals surface area contributed by atoms with Gasteiger partial charge in [-0.25, -0.2) is 4.98 Å². The number of fused-ring (bicyclic) bond motifs is 1. The monoisotopic (exact) mass is 435 g/mol. The van der Waals surface area contributed by atoms with Crippen molar-refractivity contribution in [3.8, 4) is 5.75 Å². The van der Waals surface area contributed by atoms with Crippen molar-refractivity contribution in [3.05, 3.63) is 59.4 Å². The molecular weight excluding hydrogens is 398 g/mol. The Hall–Kier alpha value is -2.82. The van der Waals surface area contributed by atoms with Gasteiger partial charge in [0.25, 0.3) is 0 Å². The molecule has 0 radical (unpaired) electrons. The zero-order chi connectivity index (χ0) is 23.3. The van der Waals surface area contributed by atoms with Crippen LogP contribution in [0.5, 0.6) is 5.75 Å². The van der Waals surface area contributed by atoms with Crippen LogP contribution in [0.4, 0.5) is 0 Å². The van der Waals surface area contributed by atoms with Crippen LogP contribution in [0.25, 0.3) is 11.0 Å². The number of hydrogen-bond acceptors (Lipinski definition) is 3. The first-order valence-corrected chi connectivity index (χ1v) is 11.6. The van der Waals surface area contributed by atoms with Crippen LogP contribution in [0.2, 0.25) is 0 Å².